The van der Waals surface area contributed by atoms with Gasteiger partial charge in [-0.25, -0.2) is 0 Å². The highest BCUT2D eigenvalue weighted by molar-refractivity contribution is 5.92. The van der Waals surface area contributed by atoms with Crippen molar-refractivity contribution in [3.05, 3.63) is 23.3 Å². The lowest BCUT2D eigenvalue weighted by molar-refractivity contribution is -0.116. The van der Waals surface area contributed by atoms with E-state index in [0.29, 0.717) is 30.0 Å². The first kappa shape index (κ1) is 14.7. The van der Waals surface area contributed by atoms with Crippen LogP contribution in [0.25, 0.3) is 0 Å². The van der Waals surface area contributed by atoms with Crippen LogP contribution in [0, 0.1) is 28.6 Å². The van der Waals surface area contributed by atoms with Gasteiger partial charge in [-0.3, -0.25) is 4.79 Å². The van der Waals surface area contributed by atoms with Crippen LogP contribution in [0.1, 0.15) is 59.3 Å². The predicted molar refractivity (Wildman–Crippen MR) is 87.2 cm³/mol. The number of carbonyl (C=O) groups is 1. The fourth-order valence-corrected chi connectivity index (χ4v) is 6.23. The van der Waals surface area contributed by atoms with Gasteiger partial charge in [0.25, 0.3) is 0 Å². The van der Waals surface area contributed by atoms with Gasteiger partial charge in [0.15, 0.2) is 5.78 Å². The van der Waals surface area contributed by atoms with Gasteiger partial charge in [-0.1, -0.05) is 38.0 Å². The Morgan fingerprint density at radius 2 is 1.91 bits per heavy atom. The molecule has 0 bridgehead atoms. The smallest absolute Gasteiger partial charge is 0.155 e. The van der Waals surface area contributed by atoms with Crippen molar-refractivity contribution in [3.8, 4) is 0 Å². The molecule has 0 aliphatic heterocycles. The molecule has 6 atom stereocenters. The van der Waals surface area contributed by atoms with Crippen LogP contribution in [0.5, 0.6) is 0 Å². The molecule has 2 nitrogen and oxygen atoms in total. The van der Waals surface area contributed by atoms with E-state index in [1.807, 2.05) is 6.08 Å². The van der Waals surface area contributed by atoms with Crippen LogP contribution in [0.15, 0.2) is 23.3 Å². The molecule has 22 heavy (non-hydrogen) atoms. The molecule has 0 radical (unpaired) electrons. The second kappa shape index (κ2) is 4.56. The van der Waals surface area contributed by atoms with Gasteiger partial charge in [-0.2, -0.15) is 0 Å². The minimum absolute atomic E-state index is 0.0874. The Hall–Kier alpha value is -0.890. The average molecular weight is 300 g/mol. The molecule has 0 saturated heterocycles. The molecule has 0 aromatic heterocycles. The first-order valence-electron chi connectivity index (χ1n) is 9.01. The van der Waals surface area contributed by atoms with Crippen LogP contribution in [0.2, 0.25) is 0 Å². The normalized spacial score (nSPS) is 50.6. The monoisotopic (exact) mass is 300 g/mol. The van der Waals surface area contributed by atoms with E-state index in [1.54, 1.807) is 5.57 Å². The maximum absolute atomic E-state index is 11.9. The summed E-state index contributed by atoms with van der Waals surface area (Å²) in [5, 5.41) is 10.5. The zero-order valence-corrected chi connectivity index (χ0v) is 14.1. The molecular formula is C20H28O2. The van der Waals surface area contributed by atoms with Crippen LogP contribution in [0.4, 0.5) is 0 Å². The van der Waals surface area contributed by atoms with Crippen LogP contribution in [0.3, 0.4) is 0 Å². The molecule has 4 aliphatic carbocycles. The minimum atomic E-state index is -0.132. The van der Waals surface area contributed by atoms with Gasteiger partial charge in [0, 0.05) is 11.8 Å². The highest BCUT2D eigenvalue weighted by Crippen LogP contribution is 2.64. The molecule has 2 saturated carbocycles. The van der Waals surface area contributed by atoms with E-state index in [9.17, 15) is 9.90 Å². The fraction of sp³-hybridized carbons (Fsp3) is 0.750. The highest BCUT2D eigenvalue weighted by atomic mass is 16.3. The summed E-state index contributed by atoms with van der Waals surface area (Å²) in [6.45, 7) is 6.95. The second-order valence-corrected chi connectivity index (χ2v) is 8.68. The summed E-state index contributed by atoms with van der Waals surface area (Å²) in [5.74, 6) is 1.83. The summed E-state index contributed by atoms with van der Waals surface area (Å²) >= 11 is 0. The minimum Gasteiger partial charge on any atom is -0.393 e. The molecule has 1 N–H and O–H groups in total. The Morgan fingerprint density at radius 3 is 2.68 bits per heavy atom. The van der Waals surface area contributed by atoms with Crippen molar-refractivity contribution in [1.29, 1.82) is 0 Å². The standard InChI is InChI=1S/C20H28O2/c1-12-10-14-15-4-5-18(22)20(15,3)9-7-16(14)19(2)8-6-13(21)11-17(12)19/h10-12,15-16,18,22H,4-9H2,1-3H3/t12-,15+,16+,18-,19-,20+/m1/s1. The number of aliphatic hydroxyl groups excluding tert-OH is 1. The first-order valence-corrected chi connectivity index (χ1v) is 9.01. The van der Waals surface area contributed by atoms with Crippen molar-refractivity contribution in [1.82, 2.24) is 0 Å². The summed E-state index contributed by atoms with van der Waals surface area (Å²) < 4.78 is 0. The summed E-state index contributed by atoms with van der Waals surface area (Å²) in [6.07, 6.45) is 10.4. The zero-order chi connectivity index (χ0) is 15.7. The van der Waals surface area contributed by atoms with Crippen LogP contribution in [-0.2, 0) is 4.79 Å². The van der Waals surface area contributed by atoms with Crippen LogP contribution in [-0.4, -0.2) is 17.0 Å². The van der Waals surface area contributed by atoms with Crippen molar-refractivity contribution in [3.63, 3.8) is 0 Å². The number of aliphatic hydroxyl groups is 1. The van der Waals surface area contributed by atoms with E-state index in [-0.39, 0.29) is 16.9 Å². The van der Waals surface area contributed by atoms with Gasteiger partial charge < -0.3 is 5.11 Å². The van der Waals surface area contributed by atoms with E-state index in [1.165, 1.54) is 12.0 Å². The quantitative estimate of drug-likeness (QED) is 0.685. The van der Waals surface area contributed by atoms with Crippen molar-refractivity contribution < 1.29 is 9.90 Å². The molecule has 4 rings (SSSR count). The second-order valence-electron chi connectivity index (χ2n) is 8.68. The number of carbonyl (C=O) groups excluding carboxylic acids is 1. The van der Waals surface area contributed by atoms with E-state index < -0.39 is 0 Å². The molecule has 2 heteroatoms. The number of fused-ring (bicyclic) bond motifs is 5. The number of hydrogen-bond acceptors (Lipinski definition) is 2. The third-order valence-corrected chi connectivity index (χ3v) is 7.63. The van der Waals surface area contributed by atoms with Crippen molar-refractivity contribution in [2.45, 2.75) is 65.4 Å². The molecule has 0 aromatic rings. The maximum Gasteiger partial charge on any atom is 0.155 e. The third kappa shape index (κ3) is 1.73. The van der Waals surface area contributed by atoms with Gasteiger partial charge in [0.1, 0.15) is 0 Å². The van der Waals surface area contributed by atoms with Crippen molar-refractivity contribution in [2.24, 2.45) is 28.6 Å². The topological polar surface area (TPSA) is 37.3 Å². The predicted octanol–water partition coefficient (Wildman–Crippen LogP) is 4.05. The molecule has 2 fully saturated rings. The van der Waals surface area contributed by atoms with E-state index in [4.69, 9.17) is 0 Å². The lowest BCUT2D eigenvalue weighted by atomic mass is 9.49. The van der Waals surface area contributed by atoms with Gasteiger partial charge in [-0.05, 0) is 61.3 Å². The van der Waals surface area contributed by atoms with E-state index in [2.05, 4.69) is 26.8 Å². The maximum atomic E-state index is 11.9. The first-order chi connectivity index (χ1) is 10.4. The molecule has 4 aliphatic rings. The number of hydrogen-bond donors (Lipinski definition) is 1. The highest BCUT2D eigenvalue weighted by Gasteiger charge is 2.56. The summed E-state index contributed by atoms with van der Waals surface area (Å²) in [6, 6.07) is 0. The number of rotatable bonds is 0. The molecular weight excluding hydrogens is 272 g/mol. The van der Waals surface area contributed by atoms with Gasteiger partial charge in [0.05, 0.1) is 6.10 Å². The Balaban J connectivity index is 1.81. The molecule has 0 amide bonds. The van der Waals surface area contributed by atoms with E-state index >= 15 is 0 Å². The molecule has 0 aromatic carbocycles. The molecule has 0 spiro atoms. The summed E-state index contributed by atoms with van der Waals surface area (Å²) in [7, 11) is 0. The van der Waals surface area contributed by atoms with Gasteiger partial charge >= 0.3 is 0 Å². The molecule has 0 unspecified atom stereocenters. The van der Waals surface area contributed by atoms with Crippen LogP contribution >= 0.6 is 0 Å². The zero-order valence-electron chi connectivity index (χ0n) is 14.1. The lowest BCUT2D eigenvalue weighted by Gasteiger charge is -2.55. The Morgan fingerprint density at radius 1 is 1.14 bits per heavy atom. The molecule has 120 valence electrons. The third-order valence-electron chi connectivity index (χ3n) is 7.63. The number of allylic oxidation sites excluding steroid dienone is 4. The van der Waals surface area contributed by atoms with E-state index in [0.717, 1.165) is 25.7 Å². The Bertz CT molecular complexity index is 587. The Kier molecular flexibility index (Phi) is 3.05. The number of ketones is 1. The van der Waals surface area contributed by atoms with Gasteiger partial charge in [0.2, 0.25) is 0 Å². The van der Waals surface area contributed by atoms with Crippen molar-refractivity contribution in [2.75, 3.05) is 0 Å². The molecule has 0 heterocycles. The fourth-order valence-electron chi connectivity index (χ4n) is 6.23. The largest absolute Gasteiger partial charge is 0.393 e. The SMILES string of the molecule is C[C@@H]1C=C2[C@@H]3CC[C@@H](O)[C@@]3(C)CC[C@@H]2[C@@]2(C)CCC(=O)C=C12. The Labute approximate surface area is 133 Å². The summed E-state index contributed by atoms with van der Waals surface area (Å²) in [5.41, 5.74) is 3.25. The summed E-state index contributed by atoms with van der Waals surface area (Å²) in [4.78, 5) is 11.9. The average Bonchev–Trinajstić information content (AvgIpc) is 2.77. The lowest BCUT2D eigenvalue weighted by Crippen LogP contribution is -2.47. The van der Waals surface area contributed by atoms with Gasteiger partial charge in [-0.15, -0.1) is 0 Å². The van der Waals surface area contributed by atoms with Crippen molar-refractivity contribution >= 4 is 5.78 Å². The van der Waals surface area contributed by atoms with Crippen LogP contribution < -0.4 is 0 Å².